The molecule has 1 aliphatic carbocycles. The van der Waals surface area contributed by atoms with Crippen LogP contribution in [0.1, 0.15) is 24.0 Å². The third-order valence-electron chi connectivity index (χ3n) is 3.53. The van der Waals surface area contributed by atoms with Gasteiger partial charge in [0.2, 0.25) is 0 Å². The van der Waals surface area contributed by atoms with Crippen molar-refractivity contribution >= 4 is 5.57 Å². The quantitative estimate of drug-likeness (QED) is 0.769. The molecule has 0 aromatic carbocycles. The van der Waals surface area contributed by atoms with Gasteiger partial charge in [0.05, 0.1) is 5.56 Å². The third kappa shape index (κ3) is 1.43. The highest BCUT2D eigenvalue weighted by Crippen LogP contribution is 2.37. The number of hydrogen-bond acceptors (Lipinski definition) is 3. The standard InChI is InChI=1S/C13H13N3/c14-6-9-5-11(8-15-7-9)12-2-1-10-3-4-16-13(10)12/h2,5,7-8,10,13,16H,1,3-4H2/t10-,13+/m0/s1. The summed E-state index contributed by atoms with van der Waals surface area (Å²) in [5.41, 5.74) is 3.06. The van der Waals surface area contributed by atoms with E-state index in [9.17, 15) is 0 Å². The van der Waals surface area contributed by atoms with Gasteiger partial charge in [-0.25, -0.2) is 0 Å². The Balaban J connectivity index is 1.95. The minimum atomic E-state index is 0.482. The average molecular weight is 211 g/mol. The average Bonchev–Trinajstić information content (AvgIpc) is 2.90. The van der Waals surface area contributed by atoms with Crippen LogP contribution in [0.4, 0.5) is 0 Å². The molecule has 16 heavy (non-hydrogen) atoms. The number of allylic oxidation sites excluding steroid dienone is 1. The maximum absolute atomic E-state index is 8.87. The number of rotatable bonds is 1. The molecule has 0 radical (unpaired) electrons. The van der Waals surface area contributed by atoms with Crippen molar-refractivity contribution < 1.29 is 0 Å². The van der Waals surface area contributed by atoms with E-state index in [-0.39, 0.29) is 0 Å². The van der Waals surface area contributed by atoms with Gasteiger partial charge in [-0.3, -0.25) is 4.98 Å². The number of pyridine rings is 1. The van der Waals surface area contributed by atoms with Gasteiger partial charge in [0.15, 0.2) is 0 Å². The number of nitrogens with zero attached hydrogens (tertiary/aromatic N) is 2. The molecule has 1 aromatic rings. The maximum Gasteiger partial charge on any atom is 0.101 e. The monoisotopic (exact) mass is 211 g/mol. The summed E-state index contributed by atoms with van der Waals surface area (Å²) in [4.78, 5) is 4.12. The van der Waals surface area contributed by atoms with Gasteiger partial charge in [-0.2, -0.15) is 5.26 Å². The second kappa shape index (κ2) is 3.73. The first-order valence-electron chi connectivity index (χ1n) is 5.67. The summed E-state index contributed by atoms with van der Waals surface area (Å²) in [6, 6.07) is 4.55. The highest BCUT2D eigenvalue weighted by Gasteiger charge is 2.33. The zero-order valence-corrected chi connectivity index (χ0v) is 8.98. The van der Waals surface area contributed by atoms with Crippen molar-refractivity contribution in [3.63, 3.8) is 0 Å². The van der Waals surface area contributed by atoms with E-state index in [2.05, 4.69) is 22.4 Å². The van der Waals surface area contributed by atoms with Crippen LogP contribution in [0, 0.1) is 17.2 Å². The lowest BCUT2D eigenvalue weighted by Crippen LogP contribution is -2.24. The highest BCUT2D eigenvalue weighted by atomic mass is 15.0. The first-order chi connectivity index (χ1) is 7.88. The van der Waals surface area contributed by atoms with E-state index in [0.29, 0.717) is 11.6 Å². The van der Waals surface area contributed by atoms with E-state index in [1.165, 1.54) is 12.0 Å². The van der Waals surface area contributed by atoms with E-state index < -0.39 is 0 Å². The summed E-state index contributed by atoms with van der Waals surface area (Å²) < 4.78 is 0. The zero-order chi connectivity index (χ0) is 11.0. The second-order valence-electron chi connectivity index (χ2n) is 4.45. The first-order valence-corrected chi connectivity index (χ1v) is 5.67. The third-order valence-corrected chi connectivity index (χ3v) is 3.53. The topological polar surface area (TPSA) is 48.7 Å². The van der Waals surface area contributed by atoms with Crippen molar-refractivity contribution in [1.29, 1.82) is 5.26 Å². The molecular formula is C13H13N3. The van der Waals surface area contributed by atoms with Crippen LogP contribution in [0.15, 0.2) is 24.5 Å². The fourth-order valence-electron chi connectivity index (χ4n) is 2.74. The van der Waals surface area contributed by atoms with Crippen molar-refractivity contribution in [2.75, 3.05) is 6.54 Å². The van der Waals surface area contributed by atoms with E-state index in [0.717, 1.165) is 24.4 Å². The number of aromatic nitrogens is 1. The van der Waals surface area contributed by atoms with Crippen LogP contribution in [0.3, 0.4) is 0 Å². The Morgan fingerprint density at radius 2 is 2.38 bits per heavy atom. The molecule has 3 rings (SSSR count). The molecule has 3 nitrogen and oxygen atoms in total. The predicted molar refractivity (Wildman–Crippen MR) is 61.4 cm³/mol. The van der Waals surface area contributed by atoms with Crippen LogP contribution in [0.2, 0.25) is 0 Å². The van der Waals surface area contributed by atoms with Gasteiger partial charge in [0, 0.05) is 18.4 Å². The fourth-order valence-corrected chi connectivity index (χ4v) is 2.74. The van der Waals surface area contributed by atoms with Gasteiger partial charge >= 0.3 is 0 Å². The Labute approximate surface area is 94.8 Å². The molecule has 1 aromatic heterocycles. The number of nitriles is 1. The normalized spacial score (nSPS) is 27.3. The van der Waals surface area contributed by atoms with Crippen molar-refractivity contribution in [2.45, 2.75) is 18.9 Å². The van der Waals surface area contributed by atoms with Crippen LogP contribution in [-0.4, -0.2) is 17.6 Å². The molecule has 80 valence electrons. The summed E-state index contributed by atoms with van der Waals surface area (Å²) in [5, 5.41) is 12.4. The molecule has 2 aliphatic rings. The van der Waals surface area contributed by atoms with E-state index in [1.807, 2.05) is 12.3 Å². The number of fused-ring (bicyclic) bond motifs is 1. The van der Waals surface area contributed by atoms with Gasteiger partial charge in [-0.15, -0.1) is 0 Å². The minimum absolute atomic E-state index is 0.482. The molecule has 0 bridgehead atoms. The minimum Gasteiger partial charge on any atom is -0.310 e. The van der Waals surface area contributed by atoms with Gasteiger partial charge in [-0.05, 0) is 42.5 Å². The fraction of sp³-hybridized carbons (Fsp3) is 0.385. The van der Waals surface area contributed by atoms with Gasteiger partial charge in [0.1, 0.15) is 6.07 Å². The van der Waals surface area contributed by atoms with Crippen molar-refractivity contribution in [3.05, 3.63) is 35.7 Å². The number of nitrogens with one attached hydrogen (secondary N) is 1. The Hall–Kier alpha value is -1.66. The summed E-state index contributed by atoms with van der Waals surface area (Å²) in [7, 11) is 0. The smallest absolute Gasteiger partial charge is 0.101 e. The molecule has 1 N–H and O–H groups in total. The van der Waals surface area contributed by atoms with Crippen molar-refractivity contribution in [2.24, 2.45) is 5.92 Å². The molecule has 0 unspecified atom stereocenters. The Morgan fingerprint density at radius 3 is 3.25 bits per heavy atom. The number of hydrogen-bond donors (Lipinski definition) is 1. The lowest BCUT2D eigenvalue weighted by molar-refractivity contribution is 0.557. The Bertz CT molecular complexity index is 484. The molecule has 0 amide bonds. The van der Waals surface area contributed by atoms with Crippen LogP contribution < -0.4 is 5.32 Å². The molecule has 2 heterocycles. The zero-order valence-electron chi connectivity index (χ0n) is 8.98. The molecule has 0 saturated carbocycles. The van der Waals surface area contributed by atoms with Crippen LogP contribution in [0.5, 0.6) is 0 Å². The van der Waals surface area contributed by atoms with Gasteiger partial charge in [0.25, 0.3) is 0 Å². The summed E-state index contributed by atoms with van der Waals surface area (Å²) in [6.07, 6.45) is 8.17. The Kier molecular flexibility index (Phi) is 2.23. The van der Waals surface area contributed by atoms with Crippen LogP contribution >= 0.6 is 0 Å². The lowest BCUT2D eigenvalue weighted by Gasteiger charge is -2.14. The Morgan fingerprint density at radius 1 is 1.44 bits per heavy atom. The SMILES string of the molecule is N#Cc1cncc(C2=CC[C@H]3CCN[C@@H]23)c1. The van der Waals surface area contributed by atoms with E-state index >= 15 is 0 Å². The lowest BCUT2D eigenvalue weighted by atomic mass is 9.97. The molecule has 0 spiro atoms. The van der Waals surface area contributed by atoms with Gasteiger partial charge < -0.3 is 5.32 Å². The molecule has 1 fully saturated rings. The second-order valence-corrected chi connectivity index (χ2v) is 4.45. The van der Waals surface area contributed by atoms with Crippen molar-refractivity contribution in [3.8, 4) is 6.07 Å². The molecule has 2 atom stereocenters. The van der Waals surface area contributed by atoms with Crippen LogP contribution in [0.25, 0.3) is 5.57 Å². The van der Waals surface area contributed by atoms with Gasteiger partial charge in [-0.1, -0.05) is 6.08 Å². The summed E-state index contributed by atoms with van der Waals surface area (Å²) >= 11 is 0. The van der Waals surface area contributed by atoms with Crippen LogP contribution in [-0.2, 0) is 0 Å². The first kappa shape index (κ1) is 9.56. The maximum atomic E-state index is 8.87. The largest absolute Gasteiger partial charge is 0.310 e. The highest BCUT2D eigenvalue weighted by molar-refractivity contribution is 5.72. The molecular weight excluding hydrogens is 198 g/mol. The molecule has 3 heteroatoms. The van der Waals surface area contributed by atoms with E-state index in [4.69, 9.17) is 5.26 Å². The van der Waals surface area contributed by atoms with E-state index in [1.54, 1.807) is 6.20 Å². The summed E-state index contributed by atoms with van der Waals surface area (Å²) in [5.74, 6) is 0.751. The predicted octanol–water partition coefficient (Wildman–Crippen LogP) is 1.72. The van der Waals surface area contributed by atoms with Crippen molar-refractivity contribution in [1.82, 2.24) is 10.3 Å². The molecule has 1 saturated heterocycles. The molecule has 1 aliphatic heterocycles. The summed E-state index contributed by atoms with van der Waals surface area (Å²) in [6.45, 7) is 1.11.